The summed E-state index contributed by atoms with van der Waals surface area (Å²) in [5.41, 5.74) is 0.955. The monoisotopic (exact) mass is 328 g/mol. The SMILES string of the molecule is CN1CCC(N2CC(O)CC2c2nc(-c3ccccc3)no2)CC1. The average Bonchev–Trinajstić information content (AvgIpc) is 3.23. The van der Waals surface area contributed by atoms with E-state index in [-0.39, 0.29) is 12.1 Å². The van der Waals surface area contributed by atoms with Crippen molar-refractivity contribution in [2.45, 2.75) is 37.5 Å². The van der Waals surface area contributed by atoms with Gasteiger partial charge in [0.25, 0.3) is 0 Å². The predicted octanol–water partition coefficient (Wildman–Crippen LogP) is 1.94. The van der Waals surface area contributed by atoms with Crippen LogP contribution in [0.1, 0.15) is 31.2 Å². The molecular weight excluding hydrogens is 304 g/mol. The highest BCUT2D eigenvalue weighted by Crippen LogP contribution is 2.36. The Morgan fingerprint density at radius 2 is 1.92 bits per heavy atom. The molecule has 24 heavy (non-hydrogen) atoms. The molecule has 2 aliphatic rings. The van der Waals surface area contributed by atoms with E-state index in [1.54, 1.807) is 0 Å². The molecule has 1 N–H and O–H groups in total. The zero-order chi connectivity index (χ0) is 16.5. The third-order valence-corrected chi connectivity index (χ3v) is 5.23. The first kappa shape index (κ1) is 15.7. The quantitative estimate of drug-likeness (QED) is 0.929. The van der Waals surface area contributed by atoms with E-state index in [2.05, 4.69) is 27.0 Å². The number of aliphatic hydroxyl groups excluding tert-OH is 1. The fourth-order valence-electron chi connectivity index (χ4n) is 3.89. The van der Waals surface area contributed by atoms with Crippen molar-refractivity contribution in [2.24, 2.45) is 0 Å². The molecule has 0 radical (unpaired) electrons. The van der Waals surface area contributed by atoms with Crippen molar-refractivity contribution in [3.05, 3.63) is 36.2 Å². The van der Waals surface area contributed by atoms with E-state index in [9.17, 15) is 5.11 Å². The number of piperidine rings is 1. The van der Waals surface area contributed by atoms with Gasteiger partial charge in [-0.05, 0) is 39.4 Å². The van der Waals surface area contributed by atoms with Gasteiger partial charge in [0.15, 0.2) is 0 Å². The summed E-state index contributed by atoms with van der Waals surface area (Å²) in [6.45, 7) is 2.90. The van der Waals surface area contributed by atoms with Crippen LogP contribution in [0.25, 0.3) is 11.4 Å². The van der Waals surface area contributed by atoms with Crippen LogP contribution >= 0.6 is 0 Å². The van der Waals surface area contributed by atoms with Gasteiger partial charge in [-0.2, -0.15) is 4.98 Å². The van der Waals surface area contributed by atoms with E-state index in [0.29, 0.717) is 30.7 Å². The van der Waals surface area contributed by atoms with Gasteiger partial charge in [-0.1, -0.05) is 35.5 Å². The number of β-amino-alcohol motifs (C(OH)–C–C–N with tert-alkyl or cyclic N) is 1. The molecule has 3 heterocycles. The number of hydrogen-bond acceptors (Lipinski definition) is 6. The van der Waals surface area contributed by atoms with Gasteiger partial charge < -0.3 is 14.5 Å². The van der Waals surface area contributed by atoms with Crippen LogP contribution in [-0.4, -0.2) is 63.9 Å². The van der Waals surface area contributed by atoms with E-state index >= 15 is 0 Å². The lowest BCUT2D eigenvalue weighted by Gasteiger charge is -2.37. The Kier molecular flexibility index (Phi) is 4.35. The van der Waals surface area contributed by atoms with Crippen molar-refractivity contribution in [1.82, 2.24) is 19.9 Å². The molecule has 2 unspecified atom stereocenters. The Labute approximate surface area is 142 Å². The molecule has 128 valence electrons. The van der Waals surface area contributed by atoms with Crippen molar-refractivity contribution < 1.29 is 9.63 Å². The largest absolute Gasteiger partial charge is 0.392 e. The molecule has 0 bridgehead atoms. The maximum absolute atomic E-state index is 10.2. The van der Waals surface area contributed by atoms with Crippen LogP contribution in [0.15, 0.2) is 34.9 Å². The minimum absolute atomic E-state index is 0.0263. The van der Waals surface area contributed by atoms with Gasteiger partial charge in [-0.25, -0.2) is 0 Å². The Morgan fingerprint density at radius 3 is 2.67 bits per heavy atom. The summed E-state index contributed by atoms with van der Waals surface area (Å²) in [5, 5.41) is 14.3. The minimum atomic E-state index is -0.318. The van der Waals surface area contributed by atoms with Gasteiger partial charge in [0.2, 0.25) is 11.7 Å². The number of nitrogens with zero attached hydrogens (tertiary/aromatic N) is 4. The summed E-state index contributed by atoms with van der Waals surface area (Å²) < 4.78 is 5.57. The second kappa shape index (κ2) is 6.63. The predicted molar refractivity (Wildman–Crippen MR) is 90.3 cm³/mol. The first-order valence-corrected chi connectivity index (χ1v) is 8.72. The maximum atomic E-state index is 10.2. The highest BCUT2D eigenvalue weighted by atomic mass is 16.5. The van der Waals surface area contributed by atoms with E-state index < -0.39 is 0 Å². The van der Waals surface area contributed by atoms with Crippen molar-refractivity contribution in [3.8, 4) is 11.4 Å². The molecule has 0 saturated carbocycles. The third kappa shape index (κ3) is 3.09. The Balaban J connectivity index is 1.54. The number of aromatic nitrogens is 2. The zero-order valence-corrected chi connectivity index (χ0v) is 14.0. The van der Waals surface area contributed by atoms with Crippen LogP contribution in [0.3, 0.4) is 0 Å². The van der Waals surface area contributed by atoms with Gasteiger partial charge >= 0.3 is 0 Å². The Hall–Kier alpha value is -1.76. The first-order valence-electron chi connectivity index (χ1n) is 8.72. The second-order valence-electron chi connectivity index (χ2n) is 6.96. The molecule has 6 heteroatoms. The summed E-state index contributed by atoms with van der Waals surface area (Å²) in [5.74, 6) is 1.25. The molecule has 6 nitrogen and oxygen atoms in total. The molecule has 2 aromatic rings. The van der Waals surface area contributed by atoms with Gasteiger partial charge in [0.1, 0.15) is 0 Å². The van der Waals surface area contributed by atoms with Crippen LogP contribution in [0.2, 0.25) is 0 Å². The number of likely N-dealkylation sites (tertiary alicyclic amines) is 2. The standard InChI is InChI=1S/C18H24N4O2/c1-21-9-7-14(8-10-21)22-12-15(23)11-16(22)18-19-17(20-24-18)13-5-3-2-4-6-13/h2-6,14-16,23H,7-12H2,1H3. The lowest BCUT2D eigenvalue weighted by Crippen LogP contribution is -2.43. The van der Waals surface area contributed by atoms with Crippen LogP contribution in [0.5, 0.6) is 0 Å². The van der Waals surface area contributed by atoms with E-state index in [1.165, 1.54) is 0 Å². The highest BCUT2D eigenvalue weighted by Gasteiger charge is 2.40. The lowest BCUT2D eigenvalue weighted by atomic mass is 10.0. The van der Waals surface area contributed by atoms with Crippen LogP contribution < -0.4 is 0 Å². The molecule has 0 spiro atoms. The normalized spacial score (nSPS) is 26.9. The van der Waals surface area contributed by atoms with Crippen molar-refractivity contribution >= 4 is 0 Å². The number of aliphatic hydroxyl groups is 1. The second-order valence-corrected chi connectivity index (χ2v) is 6.96. The molecule has 1 aromatic heterocycles. The molecule has 2 aliphatic heterocycles. The molecular formula is C18H24N4O2. The van der Waals surface area contributed by atoms with Crippen molar-refractivity contribution in [3.63, 3.8) is 0 Å². The van der Waals surface area contributed by atoms with Crippen LogP contribution in [-0.2, 0) is 0 Å². The van der Waals surface area contributed by atoms with E-state index in [0.717, 1.165) is 31.5 Å². The fraction of sp³-hybridized carbons (Fsp3) is 0.556. The molecule has 2 saturated heterocycles. The Bertz CT molecular complexity index is 667. The van der Waals surface area contributed by atoms with Gasteiger partial charge in [0, 0.05) is 18.2 Å². The topological polar surface area (TPSA) is 65.6 Å². The van der Waals surface area contributed by atoms with Gasteiger partial charge in [-0.3, -0.25) is 4.90 Å². The van der Waals surface area contributed by atoms with Gasteiger partial charge in [-0.15, -0.1) is 0 Å². The summed E-state index contributed by atoms with van der Waals surface area (Å²) >= 11 is 0. The minimum Gasteiger partial charge on any atom is -0.392 e. The first-order chi connectivity index (χ1) is 11.7. The van der Waals surface area contributed by atoms with E-state index in [1.807, 2.05) is 30.3 Å². The molecule has 0 aliphatic carbocycles. The molecule has 0 amide bonds. The van der Waals surface area contributed by atoms with E-state index in [4.69, 9.17) is 4.52 Å². The van der Waals surface area contributed by atoms with Crippen LogP contribution in [0.4, 0.5) is 0 Å². The molecule has 2 fully saturated rings. The van der Waals surface area contributed by atoms with Gasteiger partial charge in [0.05, 0.1) is 12.1 Å². The fourth-order valence-corrected chi connectivity index (χ4v) is 3.89. The summed E-state index contributed by atoms with van der Waals surface area (Å²) in [6.07, 6.45) is 2.60. The smallest absolute Gasteiger partial charge is 0.244 e. The maximum Gasteiger partial charge on any atom is 0.244 e. The number of rotatable bonds is 3. The molecule has 1 aromatic carbocycles. The molecule has 4 rings (SSSR count). The van der Waals surface area contributed by atoms with Crippen LogP contribution in [0, 0.1) is 0 Å². The summed E-state index contributed by atoms with van der Waals surface area (Å²) in [7, 11) is 2.16. The lowest BCUT2D eigenvalue weighted by molar-refractivity contribution is 0.0881. The summed E-state index contributed by atoms with van der Waals surface area (Å²) in [4.78, 5) is 9.35. The third-order valence-electron chi connectivity index (χ3n) is 5.23. The average molecular weight is 328 g/mol. The summed E-state index contributed by atoms with van der Waals surface area (Å²) in [6, 6.07) is 10.4. The van der Waals surface area contributed by atoms with Crippen molar-refractivity contribution in [1.29, 1.82) is 0 Å². The number of hydrogen-bond donors (Lipinski definition) is 1. The number of benzene rings is 1. The molecule has 2 atom stereocenters. The zero-order valence-electron chi connectivity index (χ0n) is 14.0. The van der Waals surface area contributed by atoms with Crippen molar-refractivity contribution in [2.75, 3.05) is 26.7 Å². The highest BCUT2D eigenvalue weighted by molar-refractivity contribution is 5.53. The Morgan fingerprint density at radius 1 is 1.17 bits per heavy atom.